The smallest absolute Gasteiger partial charge is 0.255 e. The number of amides is 2. The Balaban J connectivity index is 1.91. The normalized spacial score (nSPS) is 14.7. The van der Waals surface area contributed by atoms with E-state index in [4.69, 9.17) is 15.2 Å². The van der Waals surface area contributed by atoms with Crippen molar-refractivity contribution in [2.45, 2.75) is 26.3 Å². The van der Waals surface area contributed by atoms with Gasteiger partial charge in [0.2, 0.25) is 5.91 Å². The van der Waals surface area contributed by atoms with E-state index in [0.717, 1.165) is 6.07 Å². The number of carbonyl (C=O) groups excluding carboxylic acids is 2. The third kappa shape index (κ3) is 5.27. The minimum absolute atomic E-state index is 0.0344. The minimum atomic E-state index is -1.01. The first-order valence-electron chi connectivity index (χ1n) is 12.6. The van der Waals surface area contributed by atoms with Crippen LogP contribution < -0.4 is 20.5 Å². The highest BCUT2D eigenvalue weighted by Crippen LogP contribution is 2.33. The second kappa shape index (κ2) is 11.6. The molecule has 2 amide bonds. The fourth-order valence-electron chi connectivity index (χ4n) is 4.49. The van der Waals surface area contributed by atoms with Crippen molar-refractivity contribution in [1.29, 1.82) is 0 Å². The molecule has 0 unspecified atom stereocenters. The Morgan fingerprint density at radius 3 is 2.52 bits per heavy atom. The number of nitrogens with one attached hydrogen (secondary N) is 1. The number of methoxy groups -OCH3 is 2. The quantitative estimate of drug-likeness (QED) is 0.341. The van der Waals surface area contributed by atoms with Gasteiger partial charge in [-0.05, 0) is 24.3 Å². The second-order valence-electron chi connectivity index (χ2n) is 9.64. The molecule has 3 aromatic rings. The van der Waals surface area contributed by atoms with Gasteiger partial charge in [-0.15, -0.1) is 0 Å². The van der Waals surface area contributed by atoms with E-state index in [0.29, 0.717) is 31.6 Å². The van der Waals surface area contributed by atoms with Gasteiger partial charge in [-0.25, -0.2) is 13.8 Å². The molecule has 1 atom stereocenters. The number of likely N-dealkylation sites (tertiary alicyclic amines) is 1. The van der Waals surface area contributed by atoms with Crippen molar-refractivity contribution in [2.24, 2.45) is 5.92 Å². The van der Waals surface area contributed by atoms with Gasteiger partial charge in [0.1, 0.15) is 17.1 Å². The van der Waals surface area contributed by atoms with E-state index in [9.17, 15) is 18.4 Å². The molecule has 0 aliphatic carbocycles. The highest BCUT2D eigenvalue weighted by Gasteiger charge is 2.31. The summed E-state index contributed by atoms with van der Waals surface area (Å²) < 4.78 is 41.6. The molecule has 0 bridgehead atoms. The van der Waals surface area contributed by atoms with Gasteiger partial charge in [0.25, 0.3) is 5.91 Å². The zero-order valence-electron chi connectivity index (χ0n) is 22.7. The van der Waals surface area contributed by atoms with Crippen LogP contribution in [0.4, 0.5) is 14.6 Å². The highest BCUT2D eigenvalue weighted by molar-refractivity contribution is 6.09. The molecule has 0 spiro atoms. The van der Waals surface area contributed by atoms with Crippen LogP contribution in [0.25, 0.3) is 10.9 Å². The van der Waals surface area contributed by atoms with Crippen molar-refractivity contribution in [2.75, 3.05) is 39.6 Å². The summed E-state index contributed by atoms with van der Waals surface area (Å²) in [5, 5.41) is 7.75. The standard InChI is InChI=1S/C28H30F2N6O4/c1-6-22(37)35-10-9-16(14-35)36-26-18(28(38)33-12-15(2)3)13-32-27(31)23(26)19(34-36)8-7-17-24(29)20(39-4)11-21(40-5)25(17)30/h6,11,13,15-16H,1,9-10,12,14H2,2-5H3,(H2,31,32)(H,33,38)/t16-/m0/s1. The summed E-state index contributed by atoms with van der Waals surface area (Å²) in [5.41, 5.74) is 6.30. The van der Waals surface area contributed by atoms with Crippen LogP contribution >= 0.6 is 0 Å². The molecule has 210 valence electrons. The molecular formula is C28H30F2N6O4. The summed E-state index contributed by atoms with van der Waals surface area (Å²) in [6.45, 7) is 8.65. The number of halogens is 2. The van der Waals surface area contributed by atoms with Crippen LogP contribution in [-0.2, 0) is 4.79 Å². The first-order valence-corrected chi connectivity index (χ1v) is 12.6. The molecule has 4 rings (SSSR count). The molecule has 1 aliphatic heterocycles. The van der Waals surface area contributed by atoms with E-state index in [1.165, 1.54) is 26.5 Å². The summed E-state index contributed by atoms with van der Waals surface area (Å²) in [6, 6.07) is 0.756. The zero-order valence-corrected chi connectivity index (χ0v) is 22.7. The number of carbonyl (C=O) groups is 2. The number of aromatic nitrogens is 3. The molecule has 40 heavy (non-hydrogen) atoms. The van der Waals surface area contributed by atoms with E-state index >= 15 is 0 Å². The molecule has 3 heterocycles. The largest absolute Gasteiger partial charge is 0.493 e. The predicted octanol–water partition coefficient (Wildman–Crippen LogP) is 3.05. The third-order valence-corrected chi connectivity index (χ3v) is 6.55. The predicted molar refractivity (Wildman–Crippen MR) is 145 cm³/mol. The number of anilines is 1. The van der Waals surface area contributed by atoms with E-state index in [2.05, 4.69) is 33.8 Å². The molecule has 0 saturated carbocycles. The Bertz CT molecular complexity index is 1530. The van der Waals surface area contributed by atoms with Gasteiger partial charge in [-0.2, -0.15) is 5.10 Å². The van der Waals surface area contributed by atoms with Crippen molar-refractivity contribution < 1.29 is 27.8 Å². The summed E-state index contributed by atoms with van der Waals surface area (Å²) in [5.74, 6) is 2.31. The topological polar surface area (TPSA) is 125 Å². The van der Waals surface area contributed by atoms with E-state index < -0.39 is 23.1 Å². The Kier molecular flexibility index (Phi) is 8.23. The number of benzene rings is 1. The SMILES string of the molecule is C=CC(=O)N1CC[C@H](n2nc(C#Cc3c(F)c(OC)cc(OC)c3F)c3c(N)ncc(C(=O)NCC(C)C)c32)C1. The van der Waals surface area contributed by atoms with Crippen LogP contribution in [0, 0.1) is 29.4 Å². The van der Waals surface area contributed by atoms with E-state index in [-0.39, 0.29) is 51.8 Å². The van der Waals surface area contributed by atoms with Crippen LogP contribution in [0.5, 0.6) is 11.5 Å². The molecule has 12 heteroatoms. The maximum atomic E-state index is 15.0. The number of nitrogens with two attached hydrogens (primary N) is 1. The second-order valence-corrected chi connectivity index (χ2v) is 9.64. The molecule has 3 N–H and O–H groups in total. The molecule has 1 fully saturated rings. The molecule has 2 aromatic heterocycles. The molecule has 1 saturated heterocycles. The monoisotopic (exact) mass is 552 g/mol. The van der Waals surface area contributed by atoms with Crippen LogP contribution in [0.2, 0.25) is 0 Å². The first kappa shape index (κ1) is 28.4. The molecular weight excluding hydrogens is 522 g/mol. The van der Waals surface area contributed by atoms with Crippen molar-refractivity contribution in [3.8, 4) is 23.3 Å². The van der Waals surface area contributed by atoms with E-state index in [1.54, 1.807) is 9.58 Å². The van der Waals surface area contributed by atoms with Gasteiger partial charge in [-0.3, -0.25) is 14.3 Å². The molecule has 0 radical (unpaired) electrons. The van der Waals surface area contributed by atoms with Crippen LogP contribution in [0.1, 0.15) is 47.9 Å². The number of ether oxygens (including phenoxy) is 2. The van der Waals surface area contributed by atoms with Crippen molar-refractivity contribution in [3.63, 3.8) is 0 Å². The number of pyridine rings is 1. The van der Waals surface area contributed by atoms with Crippen molar-refractivity contribution in [3.05, 3.63) is 53.4 Å². The lowest BCUT2D eigenvalue weighted by Gasteiger charge is -2.16. The first-order chi connectivity index (χ1) is 19.1. The molecule has 1 aliphatic rings. The Hall–Kier alpha value is -4.66. The van der Waals surface area contributed by atoms with Gasteiger partial charge in [0, 0.05) is 31.9 Å². The lowest BCUT2D eigenvalue weighted by molar-refractivity contribution is -0.125. The number of fused-ring (bicyclic) bond motifs is 1. The van der Waals surface area contributed by atoms with Crippen LogP contribution in [0.15, 0.2) is 24.9 Å². The van der Waals surface area contributed by atoms with Gasteiger partial charge in [0.15, 0.2) is 23.1 Å². The number of rotatable bonds is 7. The van der Waals surface area contributed by atoms with Crippen molar-refractivity contribution in [1.82, 2.24) is 25.0 Å². The molecule has 10 nitrogen and oxygen atoms in total. The number of nitrogen functional groups attached to an aromatic ring is 1. The maximum Gasteiger partial charge on any atom is 0.255 e. The van der Waals surface area contributed by atoms with E-state index in [1.807, 2.05) is 13.8 Å². The number of nitrogens with zero attached hydrogens (tertiary/aromatic N) is 4. The Morgan fingerprint density at radius 2 is 1.93 bits per heavy atom. The number of hydrogen-bond acceptors (Lipinski definition) is 7. The fraction of sp³-hybridized carbons (Fsp3) is 0.357. The number of hydrogen-bond donors (Lipinski definition) is 2. The van der Waals surface area contributed by atoms with Gasteiger partial charge < -0.3 is 25.4 Å². The summed E-state index contributed by atoms with van der Waals surface area (Å²) in [4.78, 5) is 31.2. The van der Waals surface area contributed by atoms with Crippen LogP contribution in [0.3, 0.4) is 0 Å². The average molecular weight is 553 g/mol. The van der Waals surface area contributed by atoms with Gasteiger partial charge in [-0.1, -0.05) is 26.3 Å². The maximum absolute atomic E-state index is 15.0. The average Bonchev–Trinajstić information content (AvgIpc) is 3.57. The summed E-state index contributed by atoms with van der Waals surface area (Å²) in [6.07, 6.45) is 3.13. The Labute approximate surface area is 230 Å². The lowest BCUT2D eigenvalue weighted by Crippen LogP contribution is -2.29. The summed E-state index contributed by atoms with van der Waals surface area (Å²) >= 11 is 0. The lowest BCUT2D eigenvalue weighted by atomic mass is 10.1. The Morgan fingerprint density at radius 1 is 1.25 bits per heavy atom. The third-order valence-electron chi connectivity index (χ3n) is 6.55. The van der Waals surface area contributed by atoms with Crippen LogP contribution in [-0.4, -0.2) is 65.3 Å². The molecule has 1 aromatic carbocycles. The van der Waals surface area contributed by atoms with Gasteiger partial charge >= 0.3 is 0 Å². The summed E-state index contributed by atoms with van der Waals surface area (Å²) in [7, 11) is 2.48. The minimum Gasteiger partial charge on any atom is -0.493 e. The van der Waals surface area contributed by atoms with Crippen molar-refractivity contribution >= 4 is 28.5 Å². The zero-order chi connectivity index (χ0) is 29.1. The van der Waals surface area contributed by atoms with Gasteiger partial charge in [0.05, 0.1) is 36.7 Å². The highest BCUT2D eigenvalue weighted by atomic mass is 19.1. The fourth-order valence-corrected chi connectivity index (χ4v) is 4.49.